The molecular weight excluding hydrogens is 172 g/mol. The van der Waals surface area contributed by atoms with Crippen molar-refractivity contribution < 1.29 is 0 Å². The maximum absolute atomic E-state index is 4.38. The van der Waals surface area contributed by atoms with Crippen molar-refractivity contribution in [1.29, 1.82) is 0 Å². The van der Waals surface area contributed by atoms with Gasteiger partial charge in [-0.2, -0.15) is 0 Å². The van der Waals surface area contributed by atoms with Gasteiger partial charge in [-0.3, -0.25) is 4.98 Å². The molecule has 0 aliphatic rings. The average molecular weight is 186 g/mol. The molecule has 0 spiro atoms. The molecule has 0 unspecified atom stereocenters. The Morgan fingerprint density at radius 1 is 1.29 bits per heavy atom. The number of nitrogens with zero attached hydrogens (tertiary/aromatic N) is 1. The van der Waals surface area contributed by atoms with E-state index in [1.807, 2.05) is 12.3 Å². The van der Waals surface area contributed by atoms with Crippen LogP contribution in [0, 0.1) is 6.92 Å². The van der Waals surface area contributed by atoms with E-state index in [-0.39, 0.29) is 0 Å². The molecule has 14 heavy (non-hydrogen) atoms. The fraction of sp³-hybridized carbons (Fsp3) is 0.250. The number of anilines is 1. The Morgan fingerprint density at radius 3 is 2.93 bits per heavy atom. The largest absolute Gasteiger partial charge is 0.385 e. The highest BCUT2D eigenvalue weighted by atomic mass is 14.9. The second-order valence-electron chi connectivity index (χ2n) is 3.36. The van der Waals surface area contributed by atoms with Gasteiger partial charge >= 0.3 is 0 Å². The number of aromatic nitrogens is 1. The van der Waals surface area contributed by atoms with Crippen molar-refractivity contribution in [2.45, 2.75) is 13.8 Å². The Bertz CT molecular complexity index is 449. The van der Waals surface area contributed by atoms with Gasteiger partial charge in [-0.1, -0.05) is 18.2 Å². The van der Waals surface area contributed by atoms with Crippen LogP contribution < -0.4 is 5.32 Å². The first-order chi connectivity index (χ1) is 6.83. The van der Waals surface area contributed by atoms with Crippen LogP contribution in [0.1, 0.15) is 12.5 Å². The Hall–Kier alpha value is -1.57. The molecule has 72 valence electrons. The van der Waals surface area contributed by atoms with Crippen molar-refractivity contribution >= 4 is 16.6 Å². The lowest BCUT2D eigenvalue weighted by Crippen LogP contribution is -1.98. The van der Waals surface area contributed by atoms with E-state index < -0.39 is 0 Å². The van der Waals surface area contributed by atoms with Crippen molar-refractivity contribution in [3.8, 4) is 0 Å². The summed E-state index contributed by atoms with van der Waals surface area (Å²) in [6.45, 7) is 5.13. The van der Waals surface area contributed by atoms with Crippen molar-refractivity contribution in [1.82, 2.24) is 4.98 Å². The van der Waals surface area contributed by atoms with Crippen molar-refractivity contribution in [2.75, 3.05) is 11.9 Å². The van der Waals surface area contributed by atoms with E-state index in [0.29, 0.717) is 0 Å². The van der Waals surface area contributed by atoms with Crippen LogP contribution in [0.2, 0.25) is 0 Å². The minimum absolute atomic E-state index is 0.938. The Morgan fingerprint density at radius 2 is 2.14 bits per heavy atom. The zero-order chi connectivity index (χ0) is 9.97. The van der Waals surface area contributed by atoms with Crippen LogP contribution >= 0.6 is 0 Å². The monoisotopic (exact) mass is 186 g/mol. The summed E-state index contributed by atoms with van der Waals surface area (Å²) in [7, 11) is 0. The predicted octanol–water partition coefficient (Wildman–Crippen LogP) is 2.98. The Kier molecular flexibility index (Phi) is 2.35. The molecule has 0 amide bonds. The van der Waals surface area contributed by atoms with Gasteiger partial charge in [0.1, 0.15) is 0 Å². The summed E-state index contributed by atoms with van der Waals surface area (Å²) in [4.78, 5) is 4.38. The fourth-order valence-corrected chi connectivity index (χ4v) is 1.67. The number of rotatable bonds is 2. The number of hydrogen-bond acceptors (Lipinski definition) is 2. The molecule has 0 fully saturated rings. The number of para-hydroxylation sites is 1. The molecule has 0 atom stereocenters. The predicted molar refractivity (Wildman–Crippen MR) is 60.6 cm³/mol. The fourth-order valence-electron chi connectivity index (χ4n) is 1.67. The second-order valence-corrected chi connectivity index (χ2v) is 3.36. The number of hydrogen-bond donors (Lipinski definition) is 1. The molecule has 1 heterocycles. The van der Waals surface area contributed by atoms with Crippen molar-refractivity contribution in [3.05, 3.63) is 36.0 Å². The van der Waals surface area contributed by atoms with Crippen LogP contribution in [-0.2, 0) is 0 Å². The molecule has 1 aromatic carbocycles. The quantitative estimate of drug-likeness (QED) is 0.780. The van der Waals surface area contributed by atoms with Gasteiger partial charge in [0.15, 0.2) is 0 Å². The van der Waals surface area contributed by atoms with E-state index in [0.717, 1.165) is 12.1 Å². The van der Waals surface area contributed by atoms with Crippen LogP contribution in [0.3, 0.4) is 0 Å². The van der Waals surface area contributed by atoms with Gasteiger partial charge in [-0.15, -0.1) is 0 Å². The molecule has 2 rings (SSSR count). The van der Waals surface area contributed by atoms with Crippen LogP contribution in [0.15, 0.2) is 30.5 Å². The third kappa shape index (κ3) is 1.43. The van der Waals surface area contributed by atoms with Crippen LogP contribution in [0.25, 0.3) is 10.9 Å². The summed E-state index contributed by atoms with van der Waals surface area (Å²) in [5, 5.41) is 4.54. The summed E-state index contributed by atoms with van der Waals surface area (Å²) in [5.74, 6) is 0. The molecule has 2 heteroatoms. The van der Waals surface area contributed by atoms with Gasteiger partial charge in [0.2, 0.25) is 0 Å². The number of fused-ring (bicyclic) bond motifs is 1. The first kappa shape index (κ1) is 9.00. The molecule has 0 radical (unpaired) electrons. The first-order valence-electron chi connectivity index (χ1n) is 4.91. The summed E-state index contributed by atoms with van der Waals surface area (Å²) in [6.07, 6.45) is 1.85. The van der Waals surface area contributed by atoms with Gasteiger partial charge in [-0.05, 0) is 25.5 Å². The lowest BCUT2D eigenvalue weighted by Gasteiger charge is -2.08. The van der Waals surface area contributed by atoms with Gasteiger partial charge in [0.05, 0.1) is 5.52 Å². The topological polar surface area (TPSA) is 24.9 Å². The van der Waals surface area contributed by atoms with Crippen LogP contribution in [0.5, 0.6) is 0 Å². The van der Waals surface area contributed by atoms with Gasteiger partial charge in [-0.25, -0.2) is 0 Å². The first-order valence-corrected chi connectivity index (χ1v) is 4.91. The number of benzene rings is 1. The highest BCUT2D eigenvalue weighted by Gasteiger charge is 2.01. The minimum atomic E-state index is 0.938. The average Bonchev–Trinajstić information content (AvgIpc) is 2.20. The summed E-state index contributed by atoms with van der Waals surface area (Å²) < 4.78 is 0. The normalized spacial score (nSPS) is 10.4. The smallest absolute Gasteiger partial charge is 0.0751 e. The van der Waals surface area contributed by atoms with Crippen molar-refractivity contribution in [3.63, 3.8) is 0 Å². The van der Waals surface area contributed by atoms with E-state index in [1.54, 1.807) is 0 Å². The molecule has 0 saturated carbocycles. The third-order valence-electron chi connectivity index (χ3n) is 2.34. The van der Waals surface area contributed by atoms with Crippen LogP contribution in [0.4, 0.5) is 5.69 Å². The molecule has 0 aliphatic carbocycles. The number of nitrogens with one attached hydrogen (secondary N) is 1. The van der Waals surface area contributed by atoms with Gasteiger partial charge in [0.25, 0.3) is 0 Å². The minimum Gasteiger partial charge on any atom is -0.385 e. The maximum atomic E-state index is 4.38. The molecular formula is C12H14N2. The van der Waals surface area contributed by atoms with E-state index in [2.05, 4.69) is 42.3 Å². The zero-order valence-electron chi connectivity index (χ0n) is 8.54. The van der Waals surface area contributed by atoms with E-state index >= 15 is 0 Å². The maximum Gasteiger partial charge on any atom is 0.0751 e. The Labute approximate surface area is 84.0 Å². The van der Waals surface area contributed by atoms with E-state index in [1.165, 1.54) is 16.6 Å². The molecule has 0 aliphatic heterocycles. The summed E-state index contributed by atoms with van der Waals surface area (Å²) >= 11 is 0. The zero-order valence-corrected chi connectivity index (χ0v) is 8.54. The standard InChI is InChI=1S/C12H14N2/c1-3-13-11-7-8-14-12-9(2)5-4-6-10(11)12/h4-8H,3H2,1-2H3,(H,13,14). The molecule has 2 aromatic rings. The highest BCUT2D eigenvalue weighted by Crippen LogP contribution is 2.23. The third-order valence-corrected chi connectivity index (χ3v) is 2.34. The van der Waals surface area contributed by atoms with Crippen molar-refractivity contribution in [2.24, 2.45) is 0 Å². The summed E-state index contributed by atoms with van der Waals surface area (Å²) in [5.41, 5.74) is 3.48. The van der Waals surface area contributed by atoms with Gasteiger partial charge in [0, 0.05) is 23.8 Å². The van der Waals surface area contributed by atoms with Crippen LogP contribution in [-0.4, -0.2) is 11.5 Å². The van der Waals surface area contributed by atoms with Gasteiger partial charge < -0.3 is 5.32 Å². The molecule has 2 nitrogen and oxygen atoms in total. The van der Waals surface area contributed by atoms with E-state index in [4.69, 9.17) is 0 Å². The lowest BCUT2D eigenvalue weighted by atomic mass is 10.1. The second kappa shape index (κ2) is 3.66. The number of aryl methyl sites for hydroxylation is 1. The SMILES string of the molecule is CCNc1ccnc2c(C)cccc12. The summed E-state index contributed by atoms with van der Waals surface area (Å²) in [6, 6.07) is 8.28. The molecule has 0 bridgehead atoms. The Balaban J connectivity index is 2.68. The molecule has 1 aromatic heterocycles. The molecule has 1 N–H and O–H groups in total. The van der Waals surface area contributed by atoms with E-state index in [9.17, 15) is 0 Å². The lowest BCUT2D eigenvalue weighted by molar-refractivity contribution is 1.21. The number of pyridine rings is 1. The molecule has 0 saturated heterocycles. The highest BCUT2D eigenvalue weighted by molar-refractivity contribution is 5.92.